The maximum atomic E-state index is 12.7. The average Bonchev–Trinajstić information content (AvgIpc) is 2.92. The zero-order valence-electron chi connectivity index (χ0n) is 10.3. The van der Waals surface area contributed by atoms with E-state index in [1.54, 1.807) is 36.6 Å². The first kappa shape index (κ1) is 13.1. The van der Waals surface area contributed by atoms with E-state index >= 15 is 0 Å². The van der Waals surface area contributed by atoms with Crippen LogP contribution in [0.1, 0.15) is 11.3 Å². The lowest BCUT2D eigenvalue weighted by molar-refractivity contribution is -0.116. The van der Waals surface area contributed by atoms with Crippen LogP contribution in [0.2, 0.25) is 0 Å². The Morgan fingerprint density at radius 1 is 1.26 bits per heavy atom. The fraction of sp³-hybridized carbons (Fsp3) is 0.133. The summed E-state index contributed by atoms with van der Waals surface area (Å²) in [6, 6.07) is 9.76. The predicted octanol–water partition coefficient (Wildman–Crippen LogP) is 2.79. The van der Waals surface area contributed by atoms with E-state index in [1.165, 1.54) is 18.2 Å². The monoisotopic (exact) mass is 259 g/mol. The lowest BCUT2D eigenvalue weighted by atomic mass is 10.1. The van der Waals surface area contributed by atoms with Gasteiger partial charge in [0.05, 0.1) is 6.26 Å². The number of benzene rings is 1. The minimum atomic E-state index is -0.255. The summed E-state index contributed by atoms with van der Waals surface area (Å²) in [5.74, 6) is 0.196. The van der Waals surface area contributed by atoms with Crippen LogP contribution in [-0.2, 0) is 11.2 Å². The first-order valence-corrected chi connectivity index (χ1v) is 5.98. The molecule has 3 nitrogen and oxygen atoms in total. The minimum absolute atomic E-state index is 0.182. The summed E-state index contributed by atoms with van der Waals surface area (Å²) < 4.78 is 17.8. The molecule has 0 radical (unpaired) electrons. The highest BCUT2D eigenvalue weighted by Gasteiger charge is 1.97. The van der Waals surface area contributed by atoms with Crippen LogP contribution in [0.15, 0.2) is 53.2 Å². The molecule has 1 amide bonds. The van der Waals surface area contributed by atoms with Crippen molar-refractivity contribution in [2.24, 2.45) is 0 Å². The summed E-state index contributed by atoms with van der Waals surface area (Å²) in [6.45, 7) is 0.507. The van der Waals surface area contributed by atoms with Crippen LogP contribution in [0.3, 0.4) is 0 Å². The Kier molecular flexibility index (Phi) is 4.50. The number of rotatable bonds is 5. The van der Waals surface area contributed by atoms with Gasteiger partial charge in [0.1, 0.15) is 11.6 Å². The van der Waals surface area contributed by atoms with E-state index in [2.05, 4.69) is 5.32 Å². The van der Waals surface area contributed by atoms with Gasteiger partial charge < -0.3 is 9.73 Å². The molecule has 0 aliphatic heterocycles. The first-order valence-electron chi connectivity index (χ1n) is 5.98. The molecule has 1 aromatic carbocycles. The van der Waals surface area contributed by atoms with Crippen LogP contribution in [-0.4, -0.2) is 12.5 Å². The molecule has 2 rings (SSSR count). The summed E-state index contributed by atoms with van der Waals surface area (Å²) in [6.07, 6.45) is 5.24. The van der Waals surface area contributed by atoms with Crippen molar-refractivity contribution in [2.45, 2.75) is 6.42 Å². The second-order valence-corrected chi connectivity index (χ2v) is 4.02. The second kappa shape index (κ2) is 6.54. The largest absolute Gasteiger partial charge is 0.465 e. The van der Waals surface area contributed by atoms with Crippen molar-refractivity contribution in [1.82, 2.24) is 5.32 Å². The Morgan fingerprint density at radius 3 is 2.74 bits per heavy atom. The molecule has 0 unspecified atom stereocenters. The Morgan fingerprint density at radius 2 is 2.05 bits per heavy atom. The van der Waals surface area contributed by atoms with Crippen molar-refractivity contribution in [2.75, 3.05) is 6.54 Å². The summed E-state index contributed by atoms with van der Waals surface area (Å²) in [7, 11) is 0. The number of halogens is 1. The van der Waals surface area contributed by atoms with Gasteiger partial charge in [-0.2, -0.15) is 0 Å². The van der Waals surface area contributed by atoms with Crippen molar-refractivity contribution in [3.05, 3.63) is 65.9 Å². The Labute approximate surface area is 110 Å². The number of hydrogen-bond donors (Lipinski definition) is 1. The third-order valence-electron chi connectivity index (χ3n) is 2.57. The highest BCUT2D eigenvalue weighted by atomic mass is 19.1. The Hall–Kier alpha value is -2.36. The van der Waals surface area contributed by atoms with Crippen molar-refractivity contribution in [1.29, 1.82) is 0 Å². The maximum absolute atomic E-state index is 12.7. The lowest BCUT2D eigenvalue weighted by Crippen LogP contribution is -2.23. The zero-order valence-corrected chi connectivity index (χ0v) is 10.3. The molecule has 0 spiro atoms. The number of carbonyl (C=O) groups is 1. The van der Waals surface area contributed by atoms with Crippen molar-refractivity contribution < 1.29 is 13.6 Å². The topological polar surface area (TPSA) is 42.2 Å². The van der Waals surface area contributed by atoms with Crippen LogP contribution >= 0.6 is 0 Å². The minimum Gasteiger partial charge on any atom is -0.465 e. The van der Waals surface area contributed by atoms with Crippen LogP contribution in [0, 0.1) is 5.82 Å². The summed E-state index contributed by atoms with van der Waals surface area (Å²) >= 11 is 0. The Bertz CT molecular complexity index is 544. The molecule has 0 bridgehead atoms. The van der Waals surface area contributed by atoms with Gasteiger partial charge in [-0.15, -0.1) is 0 Å². The SMILES string of the molecule is O=C(C=Cc1ccco1)NCCc1ccc(F)cc1. The van der Waals surface area contributed by atoms with Crippen LogP contribution in [0.4, 0.5) is 4.39 Å². The highest BCUT2D eigenvalue weighted by Crippen LogP contribution is 2.03. The fourth-order valence-electron chi connectivity index (χ4n) is 1.58. The summed E-state index contributed by atoms with van der Waals surface area (Å²) in [5.41, 5.74) is 0.983. The van der Waals surface area contributed by atoms with E-state index in [0.29, 0.717) is 18.7 Å². The standard InChI is InChI=1S/C15H14FNO2/c16-13-5-3-12(4-6-13)9-10-17-15(18)8-7-14-2-1-11-19-14/h1-8,11H,9-10H2,(H,17,18). The van der Waals surface area contributed by atoms with E-state index in [0.717, 1.165) is 5.56 Å². The molecule has 98 valence electrons. The van der Waals surface area contributed by atoms with E-state index < -0.39 is 0 Å². The predicted molar refractivity (Wildman–Crippen MR) is 70.9 cm³/mol. The molecule has 0 saturated carbocycles. The van der Waals surface area contributed by atoms with Gasteiger partial charge in [0.15, 0.2) is 0 Å². The van der Waals surface area contributed by atoms with Gasteiger partial charge in [0.25, 0.3) is 0 Å². The molecule has 2 aromatic rings. The summed E-state index contributed by atoms with van der Waals surface area (Å²) in [4.78, 5) is 11.5. The fourth-order valence-corrected chi connectivity index (χ4v) is 1.58. The molecular formula is C15H14FNO2. The van der Waals surface area contributed by atoms with Crippen molar-refractivity contribution >= 4 is 12.0 Å². The third kappa shape index (κ3) is 4.43. The van der Waals surface area contributed by atoms with Crippen molar-refractivity contribution in [3.63, 3.8) is 0 Å². The number of nitrogens with one attached hydrogen (secondary N) is 1. The van der Waals surface area contributed by atoms with Crippen molar-refractivity contribution in [3.8, 4) is 0 Å². The average molecular weight is 259 g/mol. The van der Waals surface area contributed by atoms with E-state index in [-0.39, 0.29) is 11.7 Å². The van der Waals surface area contributed by atoms with Gasteiger partial charge in [-0.1, -0.05) is 12.1 Å². The quantitative estimate of drug-likeness (QED) is 0.839. The van der Waals surface area contributed by atoms with E-state index in [9.17, 15) is 9.18 Å². The number of furan rings is 1. The first-order chi connectivity index (χ1) is 9.24. The molecule has 4 heteroatoms. The maximum Gasteiger partial charge on any atom is 0.244 e. The van der Waals surface area contributed by atoms with Gasteiger partial charge in [0, 0.05) is 12.6 Å². The molecule has 0 fully saturated rings. The third-order valence-corrected chi connectivity index (χ3v) is 2.57. The summed E-state index contributed by atoms with van der Waals surface area (Å²) in [5, 5.41) is 2.75. The molecule has 19 heavy (non-hydrogen) atoms. The molecular weight excluding hydrogens is 245 g/mol. The van der Waals surface area contributed by atoms with E-state index in [4.69, 9.17) is 4.42 Å². The molecule has 1 aromatic heterocycles. The molecule has 0 atom stereocenters. The smallest absolute Gasteiger partial charge is 0.244 e. The number of hydrogen-bond acceptors (Lipinski definition) is 2. The Balaban J connectivity index is 1.73. The zero-order chi connectivity index (χ0) is 13.5. The van der Waals surface area contributed by atoms with Crippen LogP contribution < -0.4 is 5.32 Å². The number of amides is 1. The van der Waals surface area contributed by atoms with E-state index in [1.807, 2.05) is 0 Å². The molecule has 0 aliphatic rings. The van der Waals surface area contributed by atoms with Gasteiger partial charge in [0.2, 0.25) is 5.91 Å². The van der Waals surface area contributed by atoms with Crippen LogP contribution in [0.25, 0.3) is 6.08 Å². The van der Waals surface area contributed by atoms with Gasteiger partial charge in [-0.05, 0) is 42.3 Å². The molecule has 1 heterocycles. The number of carbonyl (C=O) groups excluding carboxylic acids is 1. The normalized spacial score (nSPS) is 10.8. The van der Waals surface area contributed by atoms with Crippen LogP contribution in [0.5, 0.6) is 0 Å². The molecule has 0 saturated heterocycles. The van der Waals surface area contributed by atoms with Gasteiger partial charge in [-0.3, -0.25) is 4.79 Å². The second-order valence-electron chi connectivity index (χ2n) is 4.02. The molecule has 0 aliphatic carbocycles. The lowest BCUT2D eigenvalue weighted by Gasteiger charge is -2.02. The molecule has 1 N–H and O–H groups in total. The highest BCUT2D eigenvalue weighted by molar-refractivity contribution is 5.91. The van der Waals surface area contributed by atoms with Gasteiger partial charge in [-0.25, -0.2) is 4.39 Å². The van der Waals surface area contributed by atoms with Gasteiger partial charge >= 0.3 is 0 Å².